The Hall–Kier alpha value is -5.88. The quantitative estimate of drug-likeness (QED) is 0.0856. The summed E-state index contributed by atoms with van der Waals surface area (Å²) in [5, 5.41) is 29.4. The molecular formula is C80H74Br2O2. The average Bonchev–Trinajstić information content (AvgIpc) is 1.30. The zero-order valence-corrected chi connectivity index (χ0v) is 55.3. The van der Waals surface area contributed by atoms with Crippen LogP contribution in [0.15, 0.2) is 106 Å². The molecule has 0 N–H and O–H groups in total. The van der Waals surface area contributed by atoms with E-state index in [4.69, 9.17) is 9.47 Å². The van der Waals surface area contributed by atoms with Crippen molar-refractivity contribution in [3.05, 3.63) is 173 Å². The van der Waals surface area contributed by atoms with Crippen molar-refractivity contribution in [2.45, 2.75) is 182 Å². The molecule has 4 unspecified atom stereocenters. The highest BCUT2D eigenvalue weighted by atomic mass is 79.9. The summed E-state index contributed by atoms with van der Waals surface area (Å²) in [6.45, 7) is 42.9. The Morgan fingerprint density at radius 1 is 0.238 bits per heavy atom. The molecular weight excluding hydrogens is 1150 g/mol. The fourth-order valence-corrected chi connectivity index (χ4v) is 17.4. The lowest BCUT2D eigenvalue weighted by Crippen LogP contribution is -2.15. The van der Waals surface area contributed by atoms with Crippen molar-refractivity contribution in [1.82, 2.24) is 0 Å². The predicted molar refractivity (Wildman–Crippen MR) is 367 cm³/mol. The highest BCUT2D eigenvalue weighted by Gasteiger charge is 2.49. The van der Waals surface area contributed by atoms with Crippen molar-refractivity contribution in [2.24, 2.45) is 0 Å². The van der Waals surface area contributed by atoms with Gasteiger partial charge in [-0.1, -0.05) is 173 Å². The third-order valence-electron chi connectivity index (χ3n) is 21.0. The second kappa shape index (κ2) is 15.8. The van der Waals surface area contributed by atoms with Gasteiger partial charge >= 0.3 is 0 Å². The van der Waals surface area contributed by atoms with Gasteiger partial charge in [0.15, 0.2) is 0 Å². The summed E-state index contributed by atoms with van der Waals surface area (Å²) < 4.78 is 17.1. The Labute approximate surface area is 510 Å². The molecule has 0 saturated heterocycles. The van der Waals surface area contributed by atoms with E-state index in [2.05, 4.69) is 254 Å². The second-order valence-electron chi connectivity index (χ2n) is 32.5. The summed E-state index contributed by atoms with van der Waals surface area (Å²) in [4.78, 5) is 0. The standard InChI is InChI=1S/C80H74Br2O2/c1-75(2,3)35-21-45-41-33-43-44(34-42(41)46-22-36(76(4,5)6)26-50-60(46)59(45)49(25-35)65-57-19-20-58(83-57)66(50)65)48-24-38(78(10,11)12)28-52-62(48)61-47(43)23-37(77(7,8)9)27-51(61)67-68(52)74-70-54-30-40(80(16,17)18)32-56-64(54)63-53(69(70)73(67)84-74)29-39(79(13,14)15)31-55(63)71(81)72(56)82/h19-34,57-58,73-74H,1-18H3. The number of ether oxygens (including phenoxy) is 2. The van der Waals surface area contributed by atoms with Crippen LogP contribution in [0.4, 0.5) is 0 Å². The number of fused-ring (bicyclic) bond motifs is 25. The van der Waals surface area contributed by atoms with Gasteiger partial charge in [0.2, 0.25) is 0 Å². The van der Waals surface area contributed by atoms with E-state index >= 15 is 0 Å². The Kier molecular flexibility index (Phi) is 9.87. The molecule has 4 bridgehead atoms. The van der Waals surface area contributed by atoms with Gasteiger partial charge in [0.25, 0.3) is 0 Å². The minimum Gasteiger partial charge on any atom is -0.357 e. The summed E-state index contributed by atoms with van der Waals surface area (Å²) in [6, 6.07) is 35.9. The number of benzene rings is 13. The number of hydrogen-bond acceptors (Lipinski definition) is 2. The van der Waals surface area contributed by atoms with Gasteiger partial charge in [-0.25, -0.2) is 0 Å². The topological polar surface area (TPSA) is 18.5 Å². The zero-order valence-electron chi connectivity index (χ0n) is 52.1. The van der Waals surface area contributed by atoms with Gasteiger partial charge in [-0.05, 0) is 298 Å². The lowest BCUT2D eigenvalue weighted by Gasteiger charge is -2.31. The van der Waals surface area contributed by atoms with Crippen LogP contribution in [-0.4, -0.2) is 0 Å². The molecule has 84 heavy (non-hydrogen) atoms. The van der Waals surface area contributed by atoms with Crippen LogP contribution >= 0.6 is 31.9 Å². The lowest BCUT2D eigenvalue weighted by molar-refractivity contribution is 0.0874. The van der Waals surface area contributed by atoms with E-state index in [-0.39, 0.29) is 56.9 Å². The summed E-state index contributed by atoms with van der Waals surface area (Å²) in [7, 11) is 0. The van der Waals surface area contributed by atoms with Crippen LogP contribution in [-0.2, 0) is 42.0 Å². The molecule has 0 aliphatic carbocycles. The van der Waals surface area contributed by atoms with Gasteiger partial charge in [0, 0.05) is 8.95 Å². The van der Waals surface area contributed by atoms with Crippen molar-refractivity contribution < 1.29 is 9.47 Å². The van der Waals surface area contributed by atoms with E-state index in [9.17, 15) is 0 Å². The van der Waals surface area contributed by atoms with Crippen LogP contribution in [0.1, 0.15) is 216 Å². The first-order chi connectivity index (χ1) is 39.3. The summed E-state index contributed by atoms with van der Waals surface area (Å²) in [5.41, 5.74) is 15.6. The molecule has 4 heteroatoms. The molecule has 0 amide bonds. The second-order valence-corrected chi connectivity index (χ2v) is 34.1. The van der Waals surface area contributed by atoms with Crippen LogP contribution in [0.3, 0.4) is 0 Å². The van der Waals surface area contributed by atoms with E-state index in [1.165, 1.54) is 185 Å². The molecule has 4 aliphatic rings. The van der Waals surface area contributed by atoms with Crippen molar-refractivity contribution in [3.8, 4) is 0 Å². The first kappa shape index (κ1) is 52.4. The summed E-state index contributed by atoms with van der Waals surface area (Å²) in [5.74, 6) is 0. The molecule has 13 aromatic carbocycles. The Morgan fingerprint density at radius 2 is 0.440 bits per heavy atom. The molecule has 4 aliphatic heterocycles. The fourth-order valence-electron chi connectivity index (χ4n) is 16.4. The van der Waals surface area contributed by atoms with Crippen LogP contribution in [0.5, 0.6) is 0 Å². The maximum Gasteiger partial charge on any atom is 0.111 e. The number of rotatable bonds is 0. The summed E-state index contributed by atoms with van der Waals surface area (Å²) in [6.07, 6.45) is 4.00. The molecule has 0 fully saturated rings. The van der Waals surface area contributed by atoms with Gasteiger partial charge in [-0.3, -0.25) is 0 Å². The van der Waals surface area contributed by atoms with E-state index in [0.29, 0.717) is 0 Å². The Balaban J connectivity index is 1.09. The first-order valence-electron chi connectivity index (χ1n) is 30.9. The van der Waals surface area contributed by atoms with E-state index in [1.807, 2.05) is 0 Å². The van der Waals surface area contributed by atoms with Crippen molar-refractivity contribution in [3.63, 3.8) is 0 Å². The Morgan fingerprint density at radius 3 is 0.679 bits per heavy atom. The lowest BCUT2D eigenvalue weighted by atomic mass is 9.71. The van der Waals surface area contributed by atoms with Crippen molar-refractivity contribution >= 4 is 150 Å². The normalized spacial score (nSPS) is 19.3. The van der Waals surface area contributed by atoms with Gasteiger partial charge < -0.3 is 9.47 Å². The molecule has 4 heterocycles. The SMILES string of the molecule is CC(C)(C)c1cc2c(Br)c(Br)c3cc(C(C)(C)C)cc4c5c(c(c1)c2c34)C1OC5c2c1c1cc(C(C)(C)C)cc3c4cc5c(cc4c4cc(C(C)(C)C)cc2c4c13)c1cc(C(C)(C)C)cc2c3c(c4cc(C(C)(C)C)cc5c4c21)C1C=CC3O1. The third kappa shape index (κ3) is 6.60. The molecule has 0 aromatic heterocycles. The van der Waals surface area contributed by atoms with Gasteiger partial charge in [-0.15, -0.1) is 0 Å². The monoisotopic (exact) mass is 1220 g/mol. The maximum atomic E-state index is 7.94. The van der Waals surface area contributed by atoms with Gasteiger partial charge in [0.05, 0.1) is 0 Å². The van der Waals surface area contributed by atoms with E-state index in [1.54, 1.807) is 0 Å². The van der Waals surface area contributed by atoms with E-state index in [0.717, 1.165) is 8.95 Å². The van der Waals surface area contributed by atoms with Crippen LogP contribution in [0.25, 0.3) is 118 Å². The largest absolute Gasteiger partial charge is 0.357 e. The predicted octanol–water partition coefficient (Wildman–Crippen LogP) is 24.2. The van der Waals surface area contributed by atoms with E-state index < -0.39 is 0 Å². The third-order valence-corrected chi connectivity index (χ3v) is 23.2. The highest BCUT2D eigenvalue weighted by molar-refractivity contribution is 9.13. The number of halogens is 2. The molecule has 4 atom stereocenters. The molecule has 2 nitrogen and oxygen atoms in total. The van der Waals surface area contributed by atoms with Crippen molar-refractivity contribution in [1.29, 1.82) is 0 Å². The fraction of sp³-hybridized carbons (Fsp3) is 0.350. The molecule has 0 radical (unpaired) electrons. The highest BCUT2D eigenvalue weighted by Crippen LogP contribution is 2.66. The number of hydrogen-bond donors (Lipinski definition) is 0. The molecule has 13 aromatic rings. The minimum atomic E-state index is -0.264. The minimum absolute atomic E-state index is 0.0464. The molecule has 420 valence electrons. The first-order valence-corrected chi connectivity index (χ1v) is 32.5. The van der Waals surface area contributed by atoms with Crippen molar-refractivity contribution in [2.75, 3.05) is 0 Å². The smallest absolute Gasteiger partial charge is 0.111 e. The summed E-state index contributed by atoms with van der Waals surface area (Å²) >= 11 is 8.46. The molecule has 17 rings (SSSR count). The molecule has 0 saturated carbocycles. The Bertz CT molecular complexity index is 4950. The maximum absolute atomic E-state index is 7.94. The van der Waals surface area contributed by atoms with Gasteiger partial charge in [0.1, 0.15) is 24.4 Å². The average molecular weight is 1230 g/mol. The molecule has 0 spiro atoms. The van der Waals surface area contributed by atoms with Crippen LogP contribution < -0.4 is 0 Å². The van der Waals surface area contributed by atoms with Gasteiger partial charge in [-0.2, -0.15) is 0 Å². The van der Waals surface area contributed by atoms with Crippen LogP contribution in [0, 0.1) is 0 Å². The zero-order chi connectivity index (χ0) is 58.8. The van der Waals surface area contributed by atoms with Crippen LogP contribution in [0.2, 0.25) is 0 Å².